The van der Waals surface area contributed by atoms with Crippen LogP contribution in [0.5, 0.6) is 0 Å². The van der Waals surface area contributed by atoms with Gasteiger partial charge in [-0.25, -0.2) is 0 Å². The van der Waals surface area contributed by atoms with Crippen molar-refractivity contribution in [3.8, 4) is 0 Å². The third-order valence-corrected chi connectivity index (χ3v) is 5.66. The molecular weight excluding hydrogens is 320 g/mol. The van der Waals surface area contributed by atoms with Crippen molar-refractivity contribution in [2.75, 3.05) is 44.6 Å². The molecule has 6 heteroatoms. The molecule has 5 nitrogen and oxygen atoms in total. The lowest BCUT2D eigenvalue weighted by molar-refractivity contribution is -0.116. The molecule has 1 unspecified atom stereocenters. The molecular formula is C18H26N4OS. The summed E-state index contributed by atoms with van der Waals surface area (Å²) in [5.74, 6) is 0.0938. The van der Waals surface area contributed by atoms with Crippen LogP contribution in [-0.2, 0) is 4.79 Å². The smallest absolute Gasteiger partial charge is 0.225 e. The number of hydrogen-bond donors (Lipinski definition) is 1. The molecule has 1 aromatic rings. The second kappa shape index (κ2) is 8.03. The van der Waals surface area contributed by atoms with Crippen LogP contribution in [0.2, 0.25) is 0 Å². The summed E-state index contributed by atoms with van der Waals surface area (Å²) in [6.45, 7) is 10.0. The van der Waals surface area contributed by atoms with Crippen molar-refractivity contribution < 1.29 is 4.79 Å². The van der Waals surface area contributed by atoms with Crippen LogP contribution in [0.4, 0.5) is 5.69 Å². The number of carbonyl (C=O) groups is 1. The summed E-state index contributed by atoms with van der Waals surface area (Å²) < 4.78 is 0. The van der Waals surface area contributed by atoms with E-state index < -0.39 is 0 Å². The number of nitrogens with zero attached hydrogens (tertiary/aromatic N) is 3. The van der Waals surface area contributed by atoms with Gasteiger partial charge in [-0.1, -0.05) is 36.9 Å². The average molecular weight is 347 g/mol. The second-order valence-corrected chi connectivity index (χ2v) is 7.90. The van der Waals surface area contributed by atoms with Gasteiger partial charge in [-0.15, -0.1) is 0 Å². The molecule has 2 aliphatic rings. The lowest BCUT2D eigenvalue weighted by Gasteiger charge is -2.35. The van der Waals surface area contributed by atoms with Crippen LogP contribution in [0.3, 0.4) is 0 Å². The summed E-state index contributed by atoms with van der Waals surface area (Å²) >= 11 is 1.89. The number of thioether (sulfide) groups is 1. The average Bonchev–Trinajstić information content (AvgIpc) is 3.02. The molecule has 3 rings (SSSR count). The highest BCUT2D eigenvalue weighted by Gasteiger charge is 2.24. The van der Waals surface area contributed by atoms with E-state index in [1.807, 2.05) is 43.0 Å². The van der Waals surface area contributed by atoms with Gasteiger partial charge in [-0.05, 0) is 18.6 Å². The first kappa shape index (κ1) is 17.3. The summed E-state index contributed by atoms with van der Waals surface area (Å²) in [6.07, 6.45) is 0.543. The van der Waals surface area contributed by atoms with Gasteiger partial charge in [0.05, 0.1) is 6.54 Å². The van der Waals surface area contributed by atoms with Gasteiger partial charge in [0.15, 0.2) is 5.17 Å². The van der Waals surface area contributed by atoms with Crippen LogP contribution in [0.15, 0.2) is 29.3 Å². The number of carbonyl (C=O) groups excluding carboxylic acids is 1. The molecule has 0 spiro atoms. The minimum atomic E-state index is 0.0938. The van der Waals surface area contributed by atoms with Crippen molar-refractivity contribution in [3.05, 3.63) is 29.8 Å². The molecule has 1 fully saturated rings. The van der Waals surface area contributed by atoms with E-state index in [1.54, 1.807) is 0 Å². The number of aliphatic imine (C=N–C) groups is 1. The third kappa shape index (κ3) is 4.51. The fourth-order valence-electron chi connectivity index (χ4n) is 2.98. The van der Waals surface area contributed by atoms with Gasteiger partial charge in [0, 0.05) is 50.1 Å². The van der Waals surface area contributed by atoms with Crippen molar-refractivity contribution in [2.45, 2.75) is 25.5 Å². The van der Waals surface area contributed by atoms with Crippen LogP contribution < -0.4 is 5.32 Å². The quantitative estimate of drug-likeness (QED) is 0.910. The molecule has 0 aromatic heterocycles. The molecule has 130 valence electrons. The van der Waals surface area contributed by atoms with Crippen LogP contribution in [0.1, 0.15) is 18.9 Å². The standard InChI is InChI=1S/C18H26N4OS/c1-14-5-3-4-6-16(14)20-17(23)7-8-21-9-11-22(12-10-21)18-19-13-15(2)24-18/h3-6,15H,7-13H2,1-2H3,(H,20,23). The normalized spacial score (nSPS) is 21.7. The second-order valence-electron chi connectivity index (χ2n) is 6.49. The number of piperazine rings is 1. The number of aryl methyl sites for hydroxylation is 1. The zero-order valence-electron chi connectivity index (χ0n) is 14.5. The Labute approximate surface area is 148 Å². The lowest BCUT2D eigenvalue weighted by Crippen LogP contribution is -2.48. The number of hydrogen-bond acceptors (Lipinski definition) is 5. The number of para-hydroxylation sites is 1. The van der Waals surface area contributed by atoms with E-state index in [9.17, 15) is 4.79 Å². The molecule has 0 bridgehead atoms. The summed E-state index contributed by atoms with van der Waals surface area (Å²) in [5, 5.41) is 4.83. The Bertz CT molecular complexity index is 611. The van der Waals surface area contributed by atoms with Crippen molar-refractivity contribution in [2.24, 2.45) is 4.99 Å². The first-order valence-electron chi connectivity index (χ1n) is 8.66. The minimum absolute atomic E-state index is 0.0938. The van der Waals surface area contributed by atoms with E-state index in [1.165, 1.54) is 5.17 Å². The Morgan fingerprint density at radius 1 is 1.29 bits per heavy atom. The zero-order valence-corrected chi connectivity index (χ0v) is 15.3. The van der Waals surface area contributed by atoms with E-state index in [-0.39, 0.29) is 5.91 Å². The van der Waals surface area contributed by atoms with E-state index in [4.69, 9.17) is 0 Å². The summed E-state index contributed by atoms with van der Waals surface area (Å²) in [7, 11) is 0. The SMILES string of the molecule is Cc1ccccc1NC(=O)CCN1CCN(C2=NCC(C)S2)CC1. The van der Waals surface area contributed by atoms with Crippen molar-refractivity contribution in [1.82, 2.24) is 9.80 Å². The number of nitrogens with one attached hydrogen (secondary N) is 1. The summed E-state index contributed by atoms with van der Waals surface area (Å²) in [5.41, 5.74) is 2.02. The van der Waals surface area contributed by atoms with Gasteiger partial charge in [-0.2, -0.15) is 0 Å². The van der Waals surface area contributed by atoms with Crippen molar-refractivity contribution >= 4 is 28.5 Å². The molecule has 2 heterocycles. The van der Waals surface area contributed by atoms with Gasteiger partial charge >= 0.3 is 0 Å². The van der Waals surface area contributed by atoms with Crippen LogP contribution in [-0.4, -0.2) is 65.4 Å². The lowest BCUT2D eigenvalue weighted by atomic mass is 10.2. The van der Waals surface area contributed by atoms with Crippen molar-refractivity contribution in [3.63, 3.8) is 0 Å². The Morgan fingerprint density at radius 2 is 2.04 bits per heavy atom. The van der Waals surface area contributed by atoms with E-state index >= 15 is 0 Å². The Morgan fingerprint density at radius 3 is 2.71 bits per heavy atom. The molecule has 0 aliphatic carbocycles. The summed E-state index contributed by atoms with van der Waals surface area (Å²) in [6, 6.07) is 7.90. The maximum absolute atomic E-state index is 12.1. The monoisotopic (exact) mass is 346 g/mol. The Hall–Kier alpha value is -1.53. The van der Waals surface area contributed by atoms with Crippen LogP contribution in [0.25, 0.3) is 0 Å². The molecule has 2 aliphatic heterocycles. The fraction of sp³-hybridized carbons (Fsp3) is 0.556. The number of amidine groups is 1. The third-order valence-electron chi connectivity index (χ3n) is 4.51. The number of amides is 1. The van der Waals surface area contributed by atoms with Gasteiger partial charge in [-0.3, -0.25) is 14.7 Å². The molecule has 1 atom stereocenters. The van der Waals surface area contributed by atoms with Gasteiger partial charge in [0.25, 0.3) is 0 Å². The highest BCUT2D eigenvalue weighted by Crippen LogP contribution is 2.23. The highest BCUT2D eigenvalue weighted by atomic mass is 32.2. The highest BCUT2D eigenvalue weighted by molar-refractivity contribution is 8.14. The molecule has 1 amide bonds. The molecule has 1 saturated heterocycles. The van der Waals surface area contributed by atoms with Gasteiger partial charge in [0.2, 0.25) is 5.91 Å². The topological polar surface area (TPSA) is 47.9 Å². The number of benzene rings is 1. The van der Waals surface area contributed by atoms with Crippen LogP contribution in [0, 0.1) is 6.92 Å². The van der Waals surface area contributed by atoms with Gasteiger partial charge < -0.3 is 10.2 Å². The number of rotatable bonds is 4. The Balaban J connectivity index is 1.39. The first-order valence-corrected chi connectivity index (χ1v) is 9.53. The zero-order chi connectivity index (χ0) is 16.9. The van der Waals surface area contributed by atoms with E-state index in [0.717, 1.165) is 50.5 Å². The number of anilines is 1. The molecule has 24 heavy (non-hydrogen) atoms. The fourth-order valence-corrected chi connectivity index (χ4v) is 3.97. The van der Waals surface area contributed by atoms with E-state index in [2.05, 4.69) is 27.0 Å². The minimum Gasteiger partial charge on any atom is -0.349 e. The van der Waals surface area contributed by atoms with E-state index in [0.29, 0.717) is 11.7 Å². The molecule has 1 N–H and O–H groups in total. The van der Waals surface area contributed by atoms with Gasteiger partial charge in [0.1, 0.15) is 0 Å². The molecule has 1 aromatic carbocycles. The first-order chi connectivity index (χ1) is 11.6. The predicted molar refractivity (Wildman–Crippen MR) is 102 cm³/mol. The summed E-state index contributed by atoms with van der Waals surface area (Å²) in [4.78, 5) is 21.5. The van der Waals surface area contributed by atoms with Crippen LogP contribution >= 0.6 is 11.8 Å². The maximum Gasteiger partial charge on any atom is 0.225 e. The largest absolute Gasteiger partial charge is 0.349 e. The maximum atomic E-state index is 12.1. The molecule has 0 saturated carbocycles. The predicted octanol–water partition coefficient (Wildman–Crippen LogP) is 2.43. The van der Waals surface area contributed by atoms with Crippen molar-refractivity contribution in [1.29, 1.82) is 0 Å². The molecule has 0 radical (unpaired) electrons. The Kier molecular flexibility index (Phi) is 5.79.